The number of benzene rings is 2. The summed E-state index contributed by atoms with van der Waals surface area (Å²) < 4.78 is 0. The van der Waals surface area contributed by atoms with E-state index in [2.05, 4.69) is 37.0 Å². The maximum atomic E-state index is 10.6. The van der Waals surface area contributed by atoms with E-state index in [9.17, 15) is 5.11 Å². The summed E-state index contributed by atoms with van der Waals surface area (Å²) in [6.45, 7) is 4.17. The monoisotopic (exact) mass is 277 g/mol. The van der Waals surface area contributed by atoms with Crippen LogP contribution in [0.2, 0.25) is 0 Å². The highest BCUT2D eigenvalue weighted by Gasteiger charge is 2.14. The normalized spacial score (nSPS) is 12.5. The first-order chi connectivity index (χ1) is 10.2. The molecule has 0 radical (unpaired) electrons. The molecule has 1 N–H and O–H groups in total. The lowest BCUT2D eigenvalue weighted by atomic mass is 10.00. The van der Waals surface area contributed by atoms with Gasteiger partial charge in [-0.25, -0.2) is 4.98 Å². The molecule has 0 aliphatic heterocycles. The number of nitrogens with zero attached hydrogens (tertiary/aromatic N) is 1. The number of aliphatic hydroxyl groups excluding tert-OH is 1. The van der Waals surface area contributed by atoms with E-state index in [0.29, 0.717) is 5.69 Å². The predicted octanol–water partition coefficient (Wildman–Crippen LogP) is 4.19. The summed E-state index contributed by atoms with van der Waals surface area (Å²) in [5.41, 5.74) is 4.90. The van der Waals surface area contributed by atoms with Gasteiger partial charge in [-0.05, 0) is 42.2 Å². The Bertz CT molecular complexity index is 779. The molecule has 0 amide bonds. The zero-order valence-electron chi connectivity index (χ0n) is 12.4. The standard InChI is InChI=1S/C19H19NO/c1-3-14-7-6-8-15(12-14)19(21)18-11-13(2)16-9-4-5-10-17(16)20-18/h4-12,19,21H,3H2,1-2H3. The van der Waals surface area contributed by atoms with Crippen LogP contribution in [0, 0.1) is 6.92 Å². The highest BCUT2D eigenvalue weighted by Crippen LogP contribution is 2.25. The van der Waals surface area contributed by atoms with Gasteiger partial charge < -0.3 is 5.11 Å². The molecule has 0 aliphatic carbocycles. The van der Waals surface area contributed by atoms with Crippen molar-refractivity contribution in [2.45, 2.75) is 26.4 Å². The Morgan fingerprint density at radius 1 is 1.05 bits per heavy atom. The summed E-state index contributed by atoms with van der Waals surface area (Å²) >= 11 is 0. The van der Waals surface area contributed by atoms with Crippen molar-refractivity contribution in [1.82, 2.24) is 4.98 Å². The first-order valence-electron chi connectivity index (χ1n) is 7.32. The van der Waals surface area contributed by atoms with Crippen LogP contribution in [0.25, 0.3) is 10.9 Å². The van der Waals surface area contributed by atoms with Crippen molar-refractivity contribution in [3.05, 3.63) is 77.0 Å². The van der Waals surface area contributed by atoms with Crippen LogP contribution in [0.5, 0.6) is 0 Å². The molecule has 2 aromatic carbocycles. The van der Waals surface area contributed by atoms with E-state index in [-0.39, 0.29) is 0 Å². The number of aliphatic hydroxyl groups is 1. The third kappa shape index (κ3) is 2.67. The summed E-state index contributed by atoms with van der Waals surface area (Å²) in [6, 6.07) is 18.1. The van der Waals surface area contributed by atoms with Crippen LogP contribution in [-0.4, -0.2) is 10.1 Å². The molecule has 0 spiro atoms. The third-order valence-corrected chi connectivity index (χ3v) is 3.90. The van der Waals surface area contributed by atoms with Gasteiger partial charge in [0.2, 0.25) is 0 Å². The van der Waals surface area contributed by atoms with Gasteiger partial charge in [0, 0.05) is 5.39 Å². The van der Waals surface area contributed by atoms with Crippen LogP contribution in [0.4, 0.5) is 0 Å². The first-order valence-corrected chi connectivity index (χ1v) is 7.32. The van der Waals surface area contributed by atoms with E-state index in [0.717, 1.165) is 28.5 Å². The highest BCUT2D eigenvalue weighted by molar-refractivity contribution is 5.82. The zero-order valence-corrected chi connectivity index (χ0v) is 12.4. The fraction of sp³-hybridized carbons (Fsp3) is 0.211. The van der Waals surface area contributed by atoms with Gasteiger partial charge in [-0.1, -0.05) is 49.4 Å². The van der Waals surface area contributed by atoms with Gasteiger partial charge in [0.1, 0.15) is 6.10 Å². The SMILES string of the molecule is CCc1cccc(C(O)c2cc(C)c3ccccc3n2)c1. The Labute approximate surface area is 125 Å². The number of fused-ring (bicyclic) bond motifs is 1. The Hall–Kier alpha value is -2.19. The molecule has 0 fully saturated rings. The van der Waals surface area contributed by atoms with Crippen LogP contribution in [0.15, 0.2) is 54.6 Å². The molecule has 1 atom stereocenters. The number of hydrogen-bond acceptors (Lipinski definition) is 2. The van der Waals surface area contributed by atoms with E-state index in [1.807, 2.05) is 36.4 Å². The summed E-state index contributed by atoms with van der Waals surface area (Å²) in [5, 5.41) is 11.8. The number of aryl methyl sites for hydroxylation is 2. The van der Waals surface area contributed by atoms with E-state index in [1.165, 1.54) is 5.56 Å². The van der Waals surface area contributed by atoms with Crippen molar-refractivity contribution in [2.24, 2.45) is 0 Å². The second-order valence-corrected chi connectivity index (χ2v) is 5.38. The quantitative estimate of drug-likeness (QED) is 0.778. The molecule has 106 valence electrons. The maximum absolute atomic E-state index is 10.6. The largest absolute Gasteiger partial charge is 0.382 e. The van der Waals surface area contributed by atoms with E-state index < -0.39 is 6.10 Å². The van der Waals surface area contributed by atoms with Gasteiger partial charge in [-0.15, -0.1) is 0 Å². The average molecular weight is 277 g/mol. The van der Waals surface area contributed by atoms with Gasteiger partial charge in [0.25, 0.3) is 0 Å². The first kappa shape index (κ1) is 13.8. The Morgan fingerprint density at radius 2 is 1.86 bits per heavy atom. The zero-order chi connectivity index (χ0) is 14.8. The lowest BCUT2D eigenvalue weighted by molar-refractivity contribution is 0.215. The molecule has 3 aromatic rings. The van der Waals surface area contributed by atoms with Gasteiger partial charge >= 0.3 is 0 Å². The Balaban J connectivity index is 2.06. The van der Waals surface area contributed by atoms with E-state index in [1.54, 1.807) is 0 Å². The second kappa shape index (κ2) is 5.66. The molecular formula is C19H19NO. The van der Waals surface area contributed by atoms with Gasteiger partial charge in [-0.3, -0.25) is 0 Å². The Kier molecular flexibility index (Phi) is 3.72. The lowest BCUT2D eigenvalue weighted by Crippen LogP contribution is -2.04. The molecule has 1 aromatic heterocycles. The fourth-order valence-corrected chi connectivity index (χ4v) is 2.67. The van der Waals surface area contributed by atoms with Crippen molar-refractivity contribution >= 4 is 10.9 Å². The van der Waals surface area contributed by atoms with Crippen molar-refractivity contribution in [2.75, 3.05) is 0 Å². The second-order valence-electron chi connectivity index (χ2n) is 5.38. The van der Waals surface area contributed by atoms with Gasteiger partial charge in [-0.2, -0.15) is 0 Å². The van der Waals surface area contributed by atoms with Crippen molar-refractivity contribution in [3.63, 3.8) is 0 Å². The molecule has 21 heavy (non-hydrogen) atoms. The van der Waals surface area contributed by atoms with Crippen LogP contribution >= 0.6 is 0 Å². The molecule has 0 saturated carbocycles. The van der Waals surface area contributed by atoms with Crippen molar-refractivity contribution < 1.29 is 5.11 Å². The Morgan fingerprint density at radius 3 is 2.67 bits per heavy atom. The highest BCUT2D eigenvalue weighted by atomic mass is 16.3. The summed E-state index contributed by atoms with van der Waals surface area (Å²) in [6.07, 6.45) is 0.282. The minimum atomic E-state index is -0.681. The fourth-order valence-electron chi connectivity index (χ4n) is 2.67. The molecule has 0 bridgehead atoms. The molecule has 0 aliphatic rings. The van der Waals surface area contributed by atoms with Crippen molar-refractivity contribution in [3.8, 4) is 0 Å². The summed E-state index contributed by atoms with van der Waals surface area (Å²) in [4.78, 5) is 4.62. The lowest BCUT2D eigenvalue weighted by Gasteiger charge is -2.14. The molecule has 2 nitrogen and oxygen atoms in total. The van der Waals surface area contributed by atoms with Crippen molar-refractivity contribution in [1.29, 1.82) is 0 Å². The van der Waals surface area contributed by atoms with Crippen LogP contribution in [0.1, 0.15) is 35.4 Å². The van der Waals surface area contributed by atoms with Gasteiger partial charge in [0.05, 0.1) is 11.2 Å². The maximum Gasteiger partial charge on any atom is 0.121 e. The number of pyridine rings is 1. The van der Waals surface area contributed by atoms with E-state index >= 15 is 0 Å². The summed E-state index contributed by atoms with van der Waals surface area (Å²) in [7, 11) is 0. The topological polar surface area (TPSA) is 33.1 Å². The van der Waals surface area contributed by atoms with Crippen LogP contribution in [0.3, 0.4) is 0 Å². The molecule has 1 heterocycles. The summed E-state index contributed by atoms with van der Waals surface area (Å²) in [5.74, 6) is 0. The molecule has 3 rings (SSSR count). The van der Waals surface area contributed by atoms with Gasteiger partial charge in [0.15, 0.2) is 0 Å². The molecule has 0 saturated heterocycles. The minimum Gasteiger partial charge on any atom is -0.382 e. The number of para-hydroxylation sites is 1. The number of hydrogen-bond donors (Lipinski definition) is 1. The number of rotatable bonds is 3. The van der Waals surface area contributed by atoms with Crippen LogP contribution < -0.4 is 0 Å². The molecule has 2 heteroatoms. The average Bonchev–Trinajstić information content (AvgIpc) is 2.54. The van der Waals surface area contributed by atoms with Crippen LogP contribution in [-0.2, 0) is 6.42 Å². The third-order valence-electron chi connectivity index (χ3n) is 3.90. The number of aromatic nitrogens is 1. The minimum absolute atomic E-state index is 0.681. The molecular weight excluding hydrogens is 258 g/mol. The predicted molar refractivity (Wildman–Crippen MR) is 86.4 cm³/mol. The molecule has 1 unspecified atom stereocenters. The van der Waals surface area contributed by atoms with E-state index in [4.69, 9.17) is 0 Å². The smallest absolute Gasteiger partial charge is 0.121 e.